The molecule has 108 valence electrons. The van der Waals surface area contributed by atoms with Gasteiger partial charge < -0.3 is 20.5 Å². The van der Waals surface area contributed by atoms with Crippen LogP contribution in [0.3, 0.4) is 0 Å². The van der Waals surface area contributed by atoms with Crippen LogP contribution in [0.25, 0.3) is 11.2 Å². The van der Waals surface area contributed by atoms with Crippen molar-refractivity contribution in [1.29, 1.82) is 0 Å². The van der Waals surface area contributed by atoms with Crippen LogP contribution in [0.1, 0.15) is 13.3 Å². The summed E-state index contributed by atoms with van der Waals surface area (Å²) in [4.78, 5) is 28.9. The van der Waals surface area contributed by atoms with E-state index in [4.69, 9.17) is 0 Å². The van der Waals surface area contributed by atoms with Gasteiger partial charge in [0.15, 0.2) is 11.5 Å². The van der Waals surface area contributed by atoms with Crippen molar-refractivity contribution in [2.45, 2.75) is 13.3 Å². The van der Waals surface area contributed by atoms with Crippen molar-refractivity contribution in [2.75, 3.05) is 37.8 Å². The first-order valence-corrected chi connectivity index (χ1v) is 6.50. The lowest BCUT2D eigenvalue weighted by atomic mass is 10.3. The van der Waals surface area contributed by atoms with E-state index >= 15 is 0 Å². The molecule has 0 unspecified atom stereocenters. The molecule has 0 spiro atoms. The average Bonchev–Trinajstić information content (AvgIpc) is 2.87. The first-order valence-electron chi connectivity index (χ1n) is 6.50. The molecule has 0 saturated heterocycles. The van der Waals surface area contributed by atoms with Crippen molar-refractivity contribution in [3.63, 3.8) is 0 Å². The van der Waals surface area contributed by atoms with Crippen LogP contribution >= 0.6 is 0 Å². The zero-order chi connectivity index (χ0) is 14.5. The first kappa shape index (κ1) is 14.0. The van der Waals surface area contributed by atoms with Crippen molar-refractivity contribution in [2.24, 2.45) is 0 Å². The summed E-state index contributed by atoms with van der Waals surface area (Å²) in [5.41, 5.74) is 1.33. The second-order valence-corrected chi connectivity index (χ2v) is 4.49. The molecule has 0 fully saturated rings. The monoisotopic (exact) mass is 277 g/mol. The summed E-state index contributed by atoms with van der Waals surface area (Å²) < 4.78 is 0. The van der Waals surface area contributed by atoms with Crippen LogP contribution in [0, 0.1) is 0 Å². The third kappa shape index (κ3) is 3.14. The normalized spacial score (nSPS) is 10.6. The molecular formula is C12H19N7O. The third-order valence-electron chi connectivity index (χ3n) is 2.75. The van der Waals surface area contributed by atoms with Gasteiger partial charge in [0.25, 0.3) is 0 Å². The predicted octanol–water partition coefficient (Wildman–Crippen LogP) is 0.675. The van der Waals surface area contributed by atoms with Gasteiger partial charge in [0.05, 0.1) is 6.33 Å². The standard InChI is InChI=1S/C12H19N7O/c1-4-13-12-17-10(9-11(18-12)16-7-15-9)14-6-5-8(20)19(2)3/h7H,4-6H2,1-3H3,(H3,13,14,15,16,17,18). The fraction of sp³-hybridized carbons (Fsp3) is 0.500. The van der Waals surface area contributed by atoms with Crippen molar-refractivity contribution in [1.82, 2.24) is 24.8 Å². The Hall–Kier alpha value is -2.38. The number of aromatic nitrogens is 4. The van der Waals surface area contributed by atoms with Gasteiger partial charge in [-0.25, -0.2) is 4.98 Å². The van der Waals surface area contributed by atoms with Crippen molar-refractivity contribution in [3.05, 3.63) is 6.33 Å². The van der Waals surface area contributed by atoms with Gasteiger partial charge in [-0.2, -0.15) is 9.97 Å². The second-order valence-electron chi connectivity index (χ2n) is 4.49. The summed E-state index contributed by atoms with van der Waals surface area (Å²) in [7, 11) is 3.48. The Labute approximate surface area is 117 Å². The van der Waals surface area contributed by atoms with Gasteiger partial charge in [-0.3, -0.25) is 4.79 Å². The largest absolute Gasteiger partial charge is 0.368 e. The highest BCUT2D eigenvalue weighted by Gasteiger charge is 2.10. The summed E-state index contributed by atoms with van der Waals surface area (Å²) in [5, 5.41) is 6.20. The smallest absolute Gasteiger partial charge is 0.226 e. The number of anilines is 2. The van der Waals surface area contributed by atoms with Gasteiger partial charge in [-0.15, -0.1) is 0 Å². The number of imidazole rings is 1. The molecule has 0 aliphatic heterocycles. The highest BCUT2D eigenvalue weighted by Crippen LogP contribution is 2.18. The maximum absolute atomic E-state index is 11.5. The Morgan fingerprint density at radius 2 is 2.15 bits per heavy atom. The Morgan fingerprint density at radius 3 is 2.85 bits per heavy atom. The van der Waals surface area contributed by atoms with Crippen LogP contribution in [0.15, 0.2) is 6.33 Å². The highest BCUT2D eigenvalue weighted by atomic mass is 16.2. The number of nitrogens with one attached hydrogen (secondary N) is 3. The quantitative estimate of drug-likeness (QED) is 0.718. The van der Waals surface area contributed by atoms with E-state index in [0.717, 1.165) is 12.1 Å². The van der Waals surface area contributed by atoms with Crippen LogP contribution in [0.4, 0.5) is 11.8 Å². The number of carbonyl (C=O) groups is 1. The molecule has 0 radical (unpaired) electrons. The minimum Gasteiger partial charge on any atom is -0.368 e. The molecule has 1 amide bonds. The van der Waals surface area contributed by atoms with Gasteiger partial charge in [0.2, 0.25) is 11.9 Å². The number of nitrogens with zero attached hydrogens (tertiary/aromatic N) is 4. The van der Waals surface area contributed by atoms with E-state index in [1.54, 1.807) is 25.3 Å². The molecule has 8 nitrogen and oxygen atoms in total. The SMILES string of the molecule is CCNc1nc(NCCC(=O)N(C)C)c2[nH]cnc2n1. The van der Waals surface area contributed by atoms with E-state index in [1.165, 1.54) is 0 Å². The average molecular weight is 277 g/mol. The fourth-order valence-electron chi connectivity index (χ4n) is 1.71. The molecule has 0 bridgehead atoms. The van der Waals surface area contributed by atoms with E-state index in [0.29, 0.717) is 30.4 Å². The topological polar surface area (TPSA) is 98.8 Å². The highest BCUT2D eigenvalue weighted by molar-refractivity contribution is 5.84. The maximum Gasteiger partial charge on any atom is 0.226 e. The number of fused-ring (bicyclic) bond motifs is 1. The van der Waals surface area contributed by atoms with E-state index in [2.05, 4.69) is 30.6 Å². The molecule has 0 aromatic carbocycles. The van der Waals surface area contributed by atoms with E-state index in [1.807, 2.05) is 6.92 Å². The molecule has 20 heavy (non-hydrogen) atoms. The van der Waals surface area contributed by atoms with Gasteiger partial charge in [0.1, 0.15) is 5.52 Å². The lowest BCUT2D eigenvalue weighted by Gasteiger charge is -2.11. The van der Waals surface area contributed by atoms with Gasteiger partial charge in [-0.05, 0) is 6.92 Å². The van der Waals surface area contributed by atoms with Crippen LogP contribution in [0.2, 0.25) is 0 Å². The number of amides is 1. The van der Waals surface area contributed by atoms with Gasteiger partial charge in [0, 0.05) is 33.6 Å². The summed E-state index contributed by atoms with van der Waals surface area (Å²) in [6, 6.07) is 0. The summed E-state index contributed by atoms with van der Waals surface area (Å²) in [6.45, 7) is 3.21. The number of carbonyl (C=O) groups excluding carboxylic acids is 1. The summed E-state index contributed by atoms with van der Waals surface area (Å²) in [5.74, 6) is 1.24. The molecule has 0 saturated carbocycles. The Kier molecular flexibility index (Phi) is 4.34. The molecule has 3 N–H and O–H groups in total. The number of hydrogen-bond acceptors (Lipinski definition) is 6. The lowest BCUT2D eigenvalue weighted by Crippen LogP contribution is -2.24. The Morgan fingerprint density at radius 1 is 1.35 bits per heavy atom. The molecule has 0 aliphatic rings. The van der Waals surface area contributed by atoms with Crippen LogP contribution in [-0.2, 0) is 4.79 Å². The Balaban J connectivity index is 2.11. The zero-order valence-electron chi connectivity index (χ0n) is 11.9. The molecule has 2 aromatic rings. The summed E-state index contributed by atoms with van der Waals surface area (Å²) in [6.07, 6.45) is 1.98. The maximum atomic E-state index is 11.5. The molecular weight excluding hydrogens is 258 g/mol. The zero-order valence-corrected chi connectivity index (χ0v) is 11.9. The van der Waals surface area contributed by atoms with E-state index in [9.17, 15) is 4.79 Å². The van der Waals surface area contributed by atoms with Gasteiger partial charge in [-0.1, -0.05) is 0 Å². The molecule has 0 aliphatic carbocycles. The van der Waals surface area contributed by atoms with Crippen LogP contribution < -0.4 is 10.6 Å². The fourth-order valence-corrected chi connectivity index (χ4v) is 1.71. The molecule has 2 rings (SSSR count). The Bertz CT molecular complexity index is 593. The molecule has 8 heteroatoms. The third-order valence-corrected chi connectivity index (χ3v) is 2.75. The van der Waals surface area contributed by atoms with Gasteiger partial charge >= 0.3 is 0 Å². The van der Waals surface area contributed by atoms with Crippen molar-refractivity contribution < 1.29 is 4.79 Å². The summed E-state index contributed by atoms with van der Waals surface area (Å²) >= 11 is 0. The molecule has 2 aromatic heterocycles. The number of hydrogen-bond donors (Lipinski definition) is 3. The number of rotatable bonds is 6. The van der Waals surface area contributed by atoms with Crippen molar-refractivity contribution >= 4 is 28.8 Å². The van der Waals surface area contributed by atoms with Crippen molar-refractivity contribution in [3.8, 4) is 0 Å². The molecule has 0 atom stereocenters. The van der Waals surface area contributed by atoms with Crippen LogP contribution in [0.5, 0.6) is 0 Å². The minimum atomic E-state index is 0.0688. The van der Waals surface area contributed by atoms with E-state index in [-0.39, 0.29) is 5.91 Å². The lowest BCUT2D eigenvalue weighted by molar-refractivity contribution is -0.128. The number of aromatic amines is 1. The molecule has 2 heterocycles. The number of H-pyrrole nitrogens is 1. The predicted molar refractivity (Wildman–Crippen MR) is 77.6 cm³/mol. The van der Waals surface area contributed by atoms with Crippen LogP contribution in [-0.4, -0.2) is 57.9 Å². The van der Waals surface area contributed by atoms with E-state index < -0.39 is 0 Å². The first-order chi connectivity index (χ1) is 9.61. The second kappa shape index (κ2) is 6.18. The minimum absolute atomic E-state index is 0.0688.